The van der Waals surface area contributed by atoms with Gasteiger partial charge in [0.05, 0.1) is 5.69 Å². The maximum Gasteiger partial charge on any atom is 0.121 e. The average Bonchev–Trinajstić information content (AvgIpc) is 2.56. The molecule has 0 aliphatic carbocycles. The third kappa shape index (κ3) is 1.52. The molecule has 0 aromatic carbocycles. The van der Waals surface area contributed by atoms with Gasteiger partial charge in [-0.25, -0.2) is 0 Å². The van der Waals surface area contributed by atoms with Crippen molar-refractivity contribution < 1.29 is 0 Å². The van der Waals surface area contributed by atoms with Crippen LogP contribution in [0.1, 0.15) is 31.9 Å². The summed E-state index contributed by atoms with van der Waals surface area (Å²) in [5.74, 6) is 2.54. The van der Waals surface area contributed by atoms with Crippen molar-refractivity contribution in [1.29, 1.82) is 0 Å². The molecule has 0 spiro atoms. The Hall–Kier alpha value is -0.640. The van der Waals surface area contributed by atoms with Crippen molar-refractivity contribution in [3.05, 3.63) is 11.8 Å². The lowest BCUT2D eigenvalue weighted by Gasteiger charge is -2.24. The maximum atomic E-state index is 5.79. The van der Waals surface area contributed by atoms with Crippen molar-refractivity contribution in [3.63, 3.8) is 0 Å². The Morgan fingerprint density at radius 3 is 2.79 bits per heavy atom. The van der Waals surface area contributed by atoms with Crippen LogP contribution >= 0.6 is 11.8 Å². The van der Waals surface area contributed by atoms with Gasteiger partial charge in [-0.2, -0.15) is 16.9 Å². The first-order chi connectivity index (χ1) is 6.50. The van der Waals surface area contributed by atoms with Gasteiger partial charge in [0.15, 0.2) is 0 Å². The number of nitrogens with two attached hydrogens (primary N) is 1. The first-order valence-corrected chi connectivity index (χ1v) is 5.92. The van der Waals surface area contributed by atoms with Crippen molar-refractivity contribution in [3.8, 4) is 0 Å². The molecule has 4 heteroatoms. The van der Waals surface area contributed by atoms with Crippen LogP contribution in [0.5, 0.6) is 0 Å². The summed E-state index contributed by atoms with van der Waals surface area (Å²) < 4.78 is 2.06. The summed E-state index contributed by atoms with van der Waals surface area (Å²) in [6.07, 6.45) is 1.22. The highest BCUT2D eigenvalue weighted by molar-refractivity contribution is 8.00. The fourth-order valence-corrected chi connectivity index (χ4v) is 3.39. The summed E-state index contributed by atoms with van der Waals surface area (Å²) >= 11 is 2.03. The van der Waals surface area contributed by atoms with Crippen LogP contribution in [-0.2, 0) is 7.05 Å². The number of rotatable bonds is 1. The summed E-state index contributed by atoms with van der Waals surface area (Å²) in [7, 11) is 1.90. The second kappa shape index (κ2) is 3.19. The van der Waals surface area contributed by atoms with Crippen LogP contribution in [0.2, 0.25) is 0 Å². The molecule has 78 valence electrons. The summed E-state index contributed by atoms with van der Waals surface area (Å²) in [6, 6.07) is 2.01. The lowest BCUT2D eigenvalue weighted by molar-refractivity contribution is 0.539. The molecular formula is C10H17N3S. The van der Waals surface area contributed by atoms with Gasteiger partial charge in [0.1, 0.15) is 5.82 Å². The fourth-order valence-electron chi connectivity index (χ4n) is 2.07. The summed E-state index contributed by atoms with van der Waals surface area (Å²) in [5.41, 5.74) is 6.94. The lowest BCUT2D eigenvalue weighted by Crippen LogP contribution is -2.20. The van der Waals surface area contributed by atoms with Crippen LogP contribution in [0, 0.1) is 0 Å². The molecule has 1 fully saturated rings. The van der Waals surface area contributed by atoms with Crippen molar-refractivity contribution in [1.82, 2.24) is 9.78 Å². The lowest BCUT2D eigenvalue weighted by atomic mass is 9.90. The third-order valence-corrected chi connectivity index (χ3v) is 4.48. The Bertz CT molecular complexity index is 324. The highest BCUT2D eigenvalue weighted by atomic mass is 32.2. The number of hydrogen-bond donors (Lipinski definition) is 1. The molecule has 1 aliphatic heterocycles. The zero-order valence-corrected chi connectivity index (χ0v) is 9.77. The van der Waals surface area contributed by atoms with Crippen molar-refractivity contribution in [2.24, 2.45) is 7.05 Å². The van der Waals surface area contributed by atoms with Gasteiger partial charge in [-0.05, 0) is 12.2 Å². The number of nitrogens with zero attached hydrogens (tertiary/aromatic N) is 2. The van der Waals surface area contributed by atoms with E-state index in [1.165, 1.54) is 12.2 Å². The van der Waals surface area contributed by atoms with Gasteiger partial charge in [0, 0.05) is 23.8 Å². The standard InChI is InChI=1S/C10H17N3S/c1-10(2)7(4-5-14-10)8-6-9(11)13(3)12-8/h6-7H,4-5,11H2,1-3H3. The zero-order valence-electron chi connectivity index (χ0n) is 8.95. The van der Waals surface area contributed by atoms with Gasteiger partial charge in [-0.15, -0.1) is 0 Å². The van der Waals surface area contributed by atoms with Crippen LogP contribution in [-0.4, -0.2) is 20.3 Å². The van der Waals surface area contributed by atoms with E-state index in [1.807, 2.05) is 24.9 Å². The number of thioether (sulfide) groups is 1. The summed E-state index contributed by atoms with van der Waals surface area (Å²) in [5, 5.41) is 4.47. The molecule has 1 atom stereocenters. The van der Waals surface area contributed by atoms with Gasteiger partial charge in [-0.3, -0.25) is 4.68 Å². The Balaban J connectivity index is 2.31. The van der Waals surface area contributed by atoms with Gasteiger partial charge in [0.25, 0.3) is 0 Å². The Morgan fingerprint density at radius 2 is 2.36 bits per heavy atom. The second-order valence-corrected chi connectivity index (χ2v) is 6.16. The van der Waals surface area contributed by atoms with Crippen LogP contribution in [0.4, 0.5) is 5.82 Å². The summed E-state index contributed by atoms with van der Waals surface area (Å²) in [6.45, 7) is 4.58. The average molecular weight is 211 g/mol. The number of aryl methyl sites for hydroxylation is 1. The van der Waals surface area contributed by atoms with Gasteiger partial charge >= 0.3 is 0 Å². The monoisotopic (exact) mass is 211 g/mol. The largest absolute Gasteiger partial charge is 0.384 e. The molecular weight excluding hydrogens is 194 g/mol. The molecule has 1 aromatic heterocycles. The highest BCUT2D eigenvalue weighted by Crippen LogP contribution is 2.47. The van der Waals surface area contributed by atoms with Gasteiger partial charge < -0.3 is 5.73 Å². The molecule has 3 nitrogen and oxygen atoms in total. The molecule has 2 heterocycles. The van der Waals surface area contributed by atoms with E-state index in [2.05, 4.69) is 18.9 Å². The summed E-state index contributed by atoms with van der Waals surface area (Å²) in [4.78, 5) is 0. The number of anilines is 1. The molecule has 1 aromatic rings. The SMILES string of the molecule is Cn1nc(C2CCSC2(C)C)cc1N. The molecule has 0 amide bonds. The minimum absolute atomic E-state index is 0.306. The minimum Gasteiger partial charge on any atom is -0.384 e. The molecule has 0 saturated carbocycles. The Labute approximate surface area is 89.1 Å². The Kier molecular flexibility index (Phi) is 2.26. The third-order valence-electron chi connectivity index (χ3n) is 3.01. The predicted octanol–water partition coefficient (Wildman–Crippen LogP) is 2.00. The van der Waals surface area contributed by atoms with E-state index in [0.29, 0.717) is 10.7 Å². The van der Waals surface area contributed by atoms with E-state index in [0.717, 1.165) is 11.5 Å². The molecule has 2 N–H and O–H groups in total. The van der Waals surface area contributed by atoms with E-state index >= 15 is 0 Å². The minimum atomic E-state index is 0.306. The molecule has 1 aliphatic rings. The highest BCUT2D eigenvalue weighted by Gasteiger charge is 2.37. The van der Waals surface area contributed by atoms with Crippen molar-refractivity contribution in [2.75, 3.05) is 11.5 Å². The Morgan fingerprint density at radius 1 is 1.64 bits per heavy atom. The van der Waals surface area contributed by atoms with Crippen LogP contribution in [0.25, 0.3) is 0 Å². The van der Waals surface area contributed by atoms with Gasteiger partial charge in [-0.1, -0.05) is 13.8 Å². The zero-order chi connectivity index (χ0) is 10.3. The number of aromatic nitrogens is 2. The quantitative estimate of drug-likeness (QED) is 0.772. The van der Waals surface area contributed by atoms with E-state index in [4.69, 9.17) is 5.73 Å². The second-order valence-electron chi connectivity index (χ2n) is 4.41. The molecule has 1 saturated heterocycles. The molecule has 2 rings (SSSR count). The van der Waals surface area contributed by atoms with E-state index in [9.17, 15) is 0 Å². The van der Waals surface area contributed by atoms with Crippen molar-refractivity contribution in [2.45, 2.75) is 30.9 Å². The normalized spacial score (nSPS) is 25.5. The first-order valence-electron chi connectivity index (χ1n) is 4.94. The van der Waals surface area contributed by atoms with Gasteiger partial charge in [0.2, 0.25) is 0 Å². The predicted molar refractivity (Wildman–Crippen MR) is 61.5 cm³/mol. The van der Waals surface area contributed by atoms with Crippen LogP contribution in [0.3, 0.4) is 0 Å². The number of nitrogen functional groups attached to an aromatic ring is 1. The van der Waals surface area contributed by atoms with E-state index in [1.54, 1.807) is 4.68 Å². The van der Waals surface area contributed by atoms with Crippen LogP contribution in [0.15, 0.2) is 6.07 Å². The molecule has 0 radical (unpaired) electrons. The first kappa shape index (κ1) is 9.90. The van der Waals surface area contributed by atoms with E-state index < -0.39 is 0 Å². The maximum absolute atomic E-state index is 5.79. The fraction of sp³-hybridized carbons (Fsp3) is 0.700. The molecule has 0 bridgehead atoms. The molecule has 14 heavy (non-hydrogen) atoms. The van der Waals surface area contributed by atoms with Crippen molar-refractivity contribution >= 4 is 17.6 Å². The number of hydrogen-bond acceptors (Lipinski definition) is 3. The smallest absolute Gasteiger partial charge is 0.121 e. The van der Waals surface area contributed by atoms with E-state index in [-0.39, 0.29) is 0 Å². The molecule has 1 unspecified atom stereocenters. The topological polar surface area (TPSA) is 43.8 Å². The van der Waals surface area contributed by atoms with Crippen LogP contribution < -0.4 is 5.73 Å².